The van der Waals surface area contributed by atoms with E-state index in [1.54, 1.807) is 6.07 Å². The zero-order valence-electron chi connectivity index (χ0n) is 11.0. The Morgan fingerprint density at radius 1 is 1.35 bits per heavy atom. The molecule has 0 saturated heterocycles. The maximum atomic E-state index is 13.9. The number of benzene rings is 1. The molecule has 3 heteroatoms. The molecular weight excluding hydrogens is 215 g/mol. The van der Waals surface area contributed by atoms with E-state index in [9.17, 15) is 4.39 Å². The molecule has 2 N–H and O–H groups in total. The van der Waals surface area contributed by atoms with Crippen LogP contribution in [0.15, 0.2) is 18.2 Å². The number of hydrogen-bond donors (Lipinski definition) is 1. The first-order valence-electron chi connectivity index (χ1n) is 6.34. The van der Waals surface area contributed by atoms with E-state index in [-0.39, 0.29) is 11.9 Å². The van der Waals surface area contributed by atoms with Gasteiger partial charge in [0.15, 0.2) is 0 Å². The van der Waals surface area contributed by atoms with Gasteiger partial charge in [-0.25, -0.2) is 4.39 Å². The van der Waals surface area contributed by atoms with Gasteiger partial charge in [-0.1, -0.05) is 26.0 Å². The average Bonchev–Trinajstić information content (AvgIpc) is 2.29. The lowest BCUT2D eigenvalue weighted by Crippen LogP contribution is -2.25. The second-order valence-corrected chi connectivity index (χ2v) is 4.54. The molecule has 0 spiro atoms. The van der Waals surface area contributed by atoms with Crippen LogP contribution in [0.25, 0.3) is 0 Å². The van der Waals surface area contributed by atoms with Crippen molar-refractivity contribution in [2.24, 2.45) is 5.73 Å². The van der Waals surface area contributed by atoms with Gasteiger partial charge >= 0.3 is 0 Å². The largest absolute Gasteiger partial charge is 0.372 e. The molecule has 0 aliphatic rings. The molecule has 0 saturated carbocycles. The van der Waals surface area contributed by atoms with Crippen LogP contribution in [0.2, 0.25) is 0 Å². The van der Waals surface area contributed by atoms with Crippen LogP contribution in [0.3, 0.4) is 0 Å². The highest BCUT2D eigenvalue weighted by Gasteiger charge is 2.14. The van der Waals surface area contributed by atoms with Gasteiger partial charge in [0.05, 0.1) is 5.69 Å². The van der Waals surface area contributed by atoms with Gasteiger partial charge in [-0.2, -0.15) is 0 Å². The van der Waals surface area contributed by atoms with Crippen molar-refractivity contribution in [3.05, 3.63) is 29.6 Å². The van der Waals surface area contributed by atoms with E-state index in [4.69, 9.17) is 5.73 Å². The zero-order valence-corrected chi connectivity index (χ0v) is 11.0. The number of nitrogens with zero attached hydrogens (tertiary/aromatic N) is 1. The quantitative estimate of drug-likeness (QED) is 0.825. The van der Waals surface area contributed by atoms with Gasteiger partial charge in [0, 0.05) is 19.6 Å². The second kappa shape index (κ2) is 6.60. The van der Waals surface area contributed by atoms with Crippen molar-refractivity contribution in [3.63, 3.8) is 0 Å². The maximum Gasteiger partial charge on any atom is 0.146 e. The first-order valence-corrected chi connectivity index (χ1v) is 6.34. The van der Waals surface area contributed by atoms with Crippen molar-refractivity contribution < 1.29 is 4.39 Å². The van der Waals surface area contributed by atoms with Crippen LogP contribution in [0.1, 0.15) is 32.3 Å². The van der Waals surface area contributed by atoms with E-state index >= 15 is 0 Å². The summed E-state index contributed by atoms with van der Waals surface area (Å²) in [6, 6.07) is 5.35. The fraction of sp³-hybridized carbons (Fsp3) is 0.571. The minimum atomic E-state index is -0.151. The Morgan fingerprint density at radius 3 is 2.65 bits per heavy atom. The number of para-hydroxylation sites is 1. The Morgan fingerprint density at radius 2 is 2.06 bits per heavy atom. The highest BCUT2D eigenvalue weighted by atomic mass is 19.1. The van der Waals surface area contributed by atoms with Crippen molar-refractivity contribution in [2.75, 3.05) is 18.5 Å². The van der Waals surface area contributed by atoms with Gasteiger partial charge in [0.2, 0.25) is 0 Å². The first kappa shape index (κ1) is 14.0. The van der Waals surface area contributed by atoms with Crippen molar-refractivity contribution in [3.8, 4) is 0 Å². The molecule has 0 aliphatic carbocycles. The maximum absolute atomic E-state index is 13.9. The van der Waals surface area contributed by atoms with Gasteiger partial charge < -0.3 is 10.6 Å². The summed E-state index contributed by atoms with van der Waals surface area (Å²) in [6.07, 6.45) is 2.65. The third-order valence-electron chi connectivity index (χ3n) is 3.02. The Bertz CT molecular complexity index is 352. The van der Waals surface area contributed by atoms with E-state index in [0.29, 0.717) is 5.69 Å². The summed E-state index contributed by atoms with van der Waals surface area (Å²) >= 11 is 0. The second-order valence-electron chi connectivity index (χ2n) is 4.54. The van der Waals surface area contributed by atoms with E-state index in [1.807, 2.05) is 18.0 Å². The van der Waals surface area contributed by atoms with Crippen LogP contribution in [0, 0.1) is 5.82 Å². The summed E-state index contributed by atoms with van der Waals surface area (Å²) in [4.78, 5) is 1.98. The number of nitrogens with two attached hydrogens (primary N) is 1. The molecule has 0 amide bonds. The van der Waals surface area contributed by atoms with Gasteiger partial charge in [0.1, 0.15) is 5.82 Å². The molecule has 2 nitrogen and oxygen atoms in total. The SMILES string of the molecule is CCCN(C)c1c(F)cccc1CC(N)CC. The molecule has 0 aromatic heterocycles. The van der Waals surface area contributed by atoms with Crippen LogP contribution in [0.5, 0.6) is 0 Å². The minimum Gasteiger partial charge on any atom is -0.372 e. The Balaban J connectivity index is 2.99. The van der Waals surface area contributed by atoms with E-state index < -0.39 is 0 Å². The van der Waals surface area contributed by atoms with Crippen LogP contribution < -0.4 is 10.6 Å². The van der Waals surface area contributed by atoms with Crippen molar-refractivity contribution >= 4 is 5.69 Å². The summed E-state index contributed by atoms with van der Waals surface area (Å²) in [5.74, 6) is -0.151. The van der Waals surface area contributed by atoms with E-state index in [1.165, 1.54) is 6.07 Å². The summed E-state index contributed by atoms with van der Waals surface area (Å²) in [5, 5.41) is 0. The normalized spacial score (nSPS) is 12.5. The highest BCUT2D eigenvalue weighted by molar-refractivity contribution is 5.54. The smallest absolute Gasteiger partial charge is 0.146 e. The lowest BCUT2D eigenvalue weighted by atomic mass is 10.0. The Labute approximate surface area is 104 Å². The molecule has 0 fully saturated rings. The third-order valence-corrected chi connectivity index (χ3v) is 3.02. The van der Waals surface area contributed by atoms with Gasteiger partial charge in [-0.05, 0) is 30.9 Å². The third kappa shape index (κ3) is 3.70. The monoisotopic (exact) mass is 238 g/mol. The molecule has 1 aromatic rings. The molecule has 1 rings (SSSR count). The van der Waals surface area contributed by atoms with Crippen molar-refractivity contribution in [1.29, 1.82) is 0 Å². The lowest BCUT2D eigenvalue weighted by molar-refractivity contribution is 0.608. The molecule has 1 unspecified atom stereocenters. The first-order chi connectivity index (χ1) is 8.10. The molecule has 0 bridgehead atoms. The van der Waals surface area contributed by atoms with E-state index in [2.05, 4.69) is 13.8 Å². The molecule has 17 heavy (non-hydrogen) atoms. The van der Waals surface area contributed by atoms with Gasteiger partial charge in [0.25, 0.3) is 0 Å². The van der Waals surface area contributed by atoms with Crippen LogP contribution >= 0.6 is 0 Å². The number of anilines is 1. The molecule has 96 valence electrons. The minimum absolute atomic E-state index is 0.102. The topological polar surface area (TPSA) is 29.3 Å². The van der Waals surface area contributed by atoms with E-state index in [0.717, 1.165) is 31.4 Å². The molecule has 1 atom stereocenters. The average molecular weight is 238 g/mol. The zero-order chi connectivity index (χ0) is 12.8. The predicted molar refractivity (Wildman–Crippen MR) is 71.9 cm³/mol. The summed E-state index contributed by atoms with van der Waals surface area (Å²) in [6.45, 7) is 5.00. The summed E-state index contributed by atoms with van der Waals surface area (Å²) < 4.78 is 13.9. The highest BCUT2D eigenvalue weighted by Crippen LogP contribution is 2.25. The molecule has 0 heterocycles. The molecular formula is C14H23FN2. The molecule has 0 radical (unpaired) electrons. The number of rotatable bonds is 6. The number of hydrogen-bond acceptors (Lipinski definition) is 2. The fourth-order valence-corrected chi connectivity index (χ4v) is 2.03. The molecule has 1 aromatic carbocycles. The van der Waals surface area contributed by atoms with Crippen LogP contribution in [-0.4, -0.2) is 19.6 Å². The fourth-order valence-electron chi connectivity index (χ4n) is 2.03. The van der Waals surface area contributed by atoms with Gasteiger partial charge in [-0.15, -0.1) is 0 Å². The Hall–Kier alpha value is -1.09. The van der Waals surface area contributed by atoms with Crippen LogP contribution in [0.4, 0.5) is 10.1 Å². The lowest BCUT2D eigenvalue weighted by Gasteiger charge is -2.23. The molecule has 0 aliphatic heterocycles. The predicted octanol–water partition coefficient (Wildman–Crippen LogP) is 2.95. The summed E-state index contributed by atoms with van der Waals surface area (Å²) in [7, 11) is 1.93. The van der Waals surface area contributed by atoms with Gasteiger partial charge in [-0.3, -0.25) is 0 Å². The van der Waals surface area contributed by atoms with Crippen molar-refractivity contribution in [2.45, 2.75) is 39.2 Å². The Kier molecular flexibility index (Phi) is 5.42. The van der Waals surface area contributed by atoms with Crippen LogP contribution in [-0.2, 0) is 6.42 Å². The number of halogens is 1. The summed E-state index contributed by atoms with van der Waals surface area (Å²) in [5.41, 5.74) is 7.67. The standard InChI is InChI=1S/C14H23FN2/c1-4-9-17(3)14-11(10-12(16)5-2)7-6-8-13(14)15/h6-8,12H,4-5,9-10,16H2,1-3H3. The van der Waals surface area contributed by atoms with Crippen molar-refractivity contribution in [1.82, 2.24) is 0 Å².